The molecular weight excluding hydrogens is 460 g/mol. The number of carbonyl (C=O) groups excluding carboxylic acids is 3. The Balaban J connectivity index is 1.53. The minimum absolute atomic E-state index is 0.133. The lowest BCUT2D eigenvalue weighted by molar-refractivity contribution is -0.126. The summed E-state index contributed by atoms with van der Waals surface area (Å²) in [6.07, 6.45) is 3.24. The molecule has 9 heteroatoms. The quantitative estimate of drug-likeness (QED) is 0.270. The van der Waals surface area contributed by atoms with Crippen LogP contribution in [0, 0.1) is 0 Å². The lowest BCUT2D eigenvalue weighted by Crippen LogP contribution is -2.35. The van der Waals surface area contributed by atoms with Crippen molar-refractivity contribution in [3.8, 4) is 0 Å². The zero-order valence-electron chi connectivity index (χ0n) is 20.1. The second-order valence-corrected chi connectivity index (χ2v) is 8.56. The van der Waals surface area contributed by atoms with E-state index in [9.17, 15) is 24.6 Å². The van der Waals surface area contributed by atoms with Gasteiger partial charge in [0.25, 0.3) is 0 Å². The molecule has 36 heavy (non-hydrogen) atoms. The highest BCUT2D eigenvalue weighted by molar-refractivity contribution is 6.02. The van der Waals surface area contributed by atoms with Crippen molar-refractivity contribution in [2.24, 2.45) is 5.73 Å². The summed E-state index contributed by atoms with van der Waals surface area (Å²) < 4.78 is 0. The van der Waals surface area contributed by atoms with Gasteiger partial charge in [-0.15, -0.1) is 0 Å². The zero-order chi connectivity index (χ0) is 25.9. The molecule has 0 radical (unpaired) electrons. The summed E-state index contributed by atoms with van der Waals surface area (Å²) in [6.45, 7) is -0.0180. The number of anilines is 2. The first-order valence-corrected chi connectivity index (χ1v) is 12.0. The van der Waals surface area contributed by atoms with Crippen LogP contribution in [-0.4, -0.2) is 52.2 Å². The number of hydrogen-bond acceptors (Lipinski definition) is 6. The number of carbonyl (C=O) groups is 3. The van der Waals surface area contributed by atoms with E-state index in [0.29, 0.717) is 49.0 Å². The van der Waals surface area contributed by atoms with Crippen molar-refractivity contribution in [3.05, 3.63) is 66.4 Å². The van der Waals surface area contributed by atoms with Crippen molar-refractivity contribution >= 4 is 40.0 Å². The van der Waals surface area contributed by atoms with Crippen molar-refractivity contribution in [1.82, 2.24) is 4.98 Å². The van der Waals surface area contributed by atoms with E-state index in [2.05, 4.69) is 10.3 Å². The fourth-order valence-electron chi connectivity index (χ4n) is 3.93. The first kappa shape index (κ1) is 26.8. The maximum absolute atomic E-state index is 13.1. The van der Waals surface area contributed by atoms with Crippen LogP contribution < -0.4 is 16.0 Å². The molecule has 0 saturated heterocycles. The van der Waals surface area contributed by atoms with Gasteiger partial charge in [-0.05, 0) is 42.7 Å². The Morgan fingerprint density at radius 3 is 2.47 bits per heavy atom. The molecule has 0 aliphatic heterocycles. The number of benzene rings is 2. The van der Waals surface area contributed by atoms with E-state index in [1.807, 2.05) is 30.3 Å². The van der Waals surface area contributed by atoms with Gasteiger partial charge in [0, 0.05) is 30.2 Å². The average molecular weight is 493 g/mol. The van der Waals surface area contributed by atoms with Crippen molar-refractivity contribution in [3.63, 3.8) is 0 Å². The van der Waals surface area contributed by atoms with Gasteiger partial charge in [-0.25, -0.2) is 0 Å². The van der Waals surface area contributed by atoms with Crippen LogP contribution in [0.1, 0.15) is 37.7 Å². The number of nitrogens with zero attached hydrogens (tertiary/aromatic N) is 2. The van der Waals surface area contributed by atoms with Crippen LogP contribution in [0.2, 0.25) is 0 Å². The molecule has 0 saturated carbocycles. The van der Waals surface area contributed by atoms with E-state index in [1.54, 1.807) is 35.4 Å². The predicted octanol–water partition coefficient (Wildman–Crippen LogP) is 2.54. The van der Waals surface area contributed by atoms with E-state index in [4.69, 9.17) is 5.73 Å². The van der Waals surface area contributed by atoms with Crippen molar-refractivity contribution < 1.29 is 24.6 Å². The lowest BCUT2D eigenvalue weighted by Gasteiger charge is -2.23. The third kappa shape index (κ3) is 7.59. The monoisotopic (exact) mass is 492 g/mol. The molecule has 0 spiro atoms. The molecule has 1 unspecified atom stereocenters. The highest BCUT2D eigenvalue weighted by atomic mass is 16.3. The first-order valence-electron chi connectivity index (χ1n) is 12.0. The second-order valence-electron chi connectivity index (χ2n) is 8.56. The van der Waals surface area contributed by atoms with E-state index < -0.39 is 12.0 Å². The molecule has 5 N–H and O–H groups in total. The third-order valence-corrected chi connectivity index (χ3v) is 5.83. The molecule has 0 bridgehead atoms. The predicted molar refractivity (Wildman–Crippen MR) is 138 cm³/mol. The average Bonchev–Trinajstić information content (AvgIpc) is 2.87. The van der Waals surface area contributed by atoms with Gasteiger partial charge in [-0.2, -0.15) is 0 Å². The Hall–Kier alpha value is -3.82. The smallest absolute Gasteiger partial charge is 0.246 e. The molecule has 1 heterocycles. The molecule has 9 nitrogen and oxygen atoms in total. The highest BCUT2D eigenvalue weighted by Gasteiger charge is 2.18. The van der Waals surface area contributed by atoms with Crippen molar-refractivity contribution in [2.75, 3.05) is 23.4 Å². The Morgan fingerprint density at radius 1 is 1.00 bits per heavy atom. The van der Waals surface area contributed by atoms with Gasteiger partial charge >= 0.3 is 0 Å². The lowest BCUT2D eigenvalue weighted by atomic mass is 10.1. The number of unbranched alkanes of at least 4 members (excludes halogenated alkanes) is 2. The summed E-state index contributed by atoms with van der Waals surface area (Å²) in [5.74, 6) is -1.03. The molecule has 3 rings (SSSR count). The number of nitrogens with two attached hydrogens (primary N) is 1. The molecule has 3 aromatic rings. The number of pyridine rings is 1. The molecule has 1 aromatic heterocycles. The summed E-state index contributed by atoms with van der Waals surface area (Å²) in [5.41, 5.74) is 7.77. The molecule has 0 aliphatic rings. The number of fused-ring (bicyclic) bond motifs is 1. The number of hydrogen-bond donors (Lipinski definition) is 4. The Labute approximate surface area is 209 Å². The fraction of sp³-hybridized carbons (Fsp3) is 0.333. The molecular formula is C27H32N4O5. The number of nitrogens with one attached hydrogen (secondary N) is 1. The van der Waals surface area contributed by atoms with Crippen LogP contribution in [0.25, 0.3) is 10.9 Å². The van der Waals surface area contributed by atoms with Crippen molar-refractivity contribution in [2.45, 2.75) is 44.6 Å². The van der Waals surface area contributed by atoms with Gasteiger partial charge in [0.1, 0.15) is 6.10 Å². The van der Waals surface area contributed by atoms with E-state index in [0.717, 1.165) is 10.9 Å². The normalized spacial score (nSPS) is 11.7. The number of para-hydroxylation sites is 1. The molecule has 0 aliphatic carbocycles. The Bertz CT molecular complexity index is 1180. The third-order valence-electron chi connectivity index (χ3n) is 5.83. The largest absolute Gasteiger partial charge is 0.395 e. The highest BCUT2D eigenvalue weighted by Crippen LogP contribution is 2.25. The number of amides is 3. The summed E-state index contributed by atoms with van der Waals surface area (Å²) in [4.78, 5) is 42.1. The maximum atomic E-state index is 13.1. The van der Waals surface area contributed by atoms with Gasteiger partial charge in [0.15, 0.2) is 0 Å². The van der Waals surface area contributed by atoms with Gasteiger partial charge < -0.3 is 26.2 Å². The minimum atomic E-state index is -1.14. The second kappa shape index (κ2) is 13.3. The number of aliphatic hydroxyl groups excluding tert-OH is 2. The van der Waals surface area contributed by atoms with Crippen LogP contribution >= 0.6 is 0 Å². The van der Waals surface area contributed by atoms with Gasteiger partial charge in [-0.3, -0.25) is 19.4 Å². The summed E-state index contributed by atoms with van der Waals surface area (Å²) >= 11 is 0. The zero-order valence-corrected chi connectivity index (χ0v) is 20.1. The Kier molecular flexibility index (Phi) is 9.91. The summed E-state index contributed by atoms with van der Waals surface area (Å²) in [7, 11) is 0. The van der Waals surface area contributed by atoms with Gasteiger partial charge in [0.2, 0.25) is 17.7 Å². The van der Waals surface area contributed by atoms with Crippen LogP contribution in [-0.2, 0) is 20.8 Å². The van der Waals surface area contributed by atoms with Gasteiger partial charge in [0.05, 0.1) is 24.2 Å². The number of primary amides is 1. The first-order chi connectivity index (χ1) is 17.4. The van der Waals surface area contributed by atoms with E-state index in [-0.39, 0.29) is 31.4 Å². The van der Waals surface area contributed by atoms with Crippen molar-refractivity contribution in [1.29, 1.82) is 0 Å². The van der Waals surface area contributed by atoms with Crippen LogP contribution in [0.3, 0.4) is 0 Å². The number of aliphatic hydroxyl groups is 2. The van der Waals surface area contributed by atoms with E-state index >= 15 is 0 Å². The fourth-order valence-corrected chi connectivity index (χ4v) is 3.93. The molecule has 2 aromatic carbocycles. The molecule has 190 valence electrons. The molecule has 0 fully saturated rings. The minimum Gasteiger partial charge on any atom is -0.395 e. The summed E-state index contributed by atoms with van der Waals surface area (Å²) in [6, 6.07) is 16.4. The number of aromatic nitrogens is 1. The topological polar surface area (TPSA) is 146 Å². The SMILES string of the molecule is NC(=O)C(O)CCCCCC(=O)Nc1ccc(CC(=O)N(CCO)c2cccc3cccnc23)cc1. The van der Waals surface area contributed by atoms with Crippen LogP contribution in [0.15, 0.2) is 60.8 Å². The van der Waals surface area contributed by atoms with Crippen LogP contribution in [0.4, 0.5) is 11.4 Å². The maximum Gasteiger partial charge on any atom is 0.246 e. The van der Waals surface area contributed by atoms with E-state index in [1.165, 1.54) is 0 Å². The van der Waals surface area contributed by atoms with Gasteiger partial charge in [-0.1, -0.05) is 43.2 Å². The molecule has 3 amide bonds. The Morgan fingerprint density at radius 2 is 1.75 bits per heavy atom. The summed E-state index contributed by atoms with van der Waals surface area (Å²) in [5, 5.41) is 22.7. The molecule has 1 atom stereocenters. The number of rotatable bonds is 13. The van der Waals surface area contributed by atoms with Crippen LogP contribution in [0.5, 0.6) is 0 Å². The standard InChI is InChI=1S/C27H32N4O5/c28-27(36)23(33)9-2-1-3-10-24(34)30-21-13-11-19(12-14-21)18-25(35)31(16-17-32)22-8-4-6-20-7-5-15-29-26(20)22/h4-8,11-15,23,32-33H,1-3,9-10,16-18H2,(H2,28,36)(H,30,34).